The molecule has 164 valence electrons. The molecule has 31 heavy (non-hydrogen) atoms. The summed E-state index contributed by atoms with van der Waals surface area (Å²) in [6.07, 6.45) is 6.72. The van der Waals surface area contributed by atoms with Crippen LogP contribution >= 0.6 is 0 Å². The molecule has 1 aromatic carbocycles. The van der Waals surface area contributed by atoms with E-state index >= 15 is 0 Å². The molecule has 1 unspecified atom stereocenters. The third-order valence-electron chi connectivity index (χ3n) is 6.58. The summed E-state index contributed by atoms with van der Waals surface area (Å²) in [5, 5.41) is 3.48. The molecular weight excluding hydrogens is 390 g/mol. The standard InChI is InChI=1S/C23H31N7O/c1-28-21(31)19-20(26-22(28)25-18-11-5-6-12-18)27-23(29-13-7-10-17(24)15-29)30(19)14-16-8-3-2-4-9-16/h2-4,8-9,17-18H,5-7,10-15,24H2,1H3,(H,25,26). The molecule has 8 nitrogen and oxygen atoms in total. The van der Waals surface area contributed by atoms with Crippen molar-refractivity contribution in [3.05, 3.63) is 46.2 Å². The number of aromatic nitrogens is 4. The van der Waals surface area contributed by atoms with Gasteiger partial charge in [-0.3, -0.25) is 13.9 Å². The molecule has 2 fully saturated rings. The number of anilines is 2. The monoisotopic (exact) mass is 421 g/mol. The largest absolute Gasteiger partial charge is 0.353 e. The van der Waals surface area contributed by atoms with Crippen LogP contribution in [0.3, 0.4) is 0 Å². The zero-order chi connectivity index (χ0) is 21.4. The Labute approximate surface area is 182 Å². The molecule has 0 bridgehead atoms. The van der Waals surface area contributed by atoms with Crippen molar-refractivity contribution in [1.29, 1.82) is 0 Å². The van der Waals surface area contributed by atoms with E-state index in [1.54, 1.807) is 11.6 Å². The molecule has 8 heteroatoms. The van der Waals surface area contributed by atoms with Crippen LogP contribution in [0.1, 0.15) is 44.1 Å². The summed E-state index contributed by atoms with van der Waals surface area (Å²) in [6.45, 7) is 2.20. The van der Waals surface area contributed by atoms with Gasteiger partial charge in [-0.25, -0.2) is 0 Å². The first kappa shape index (κ1) is 20.1. The van der Waals surface area contributed by atoms with Gasteiger partial charge in [-0.15, -0.1) is 0 Å². The number of benzene rings is 1. The highest BCUT2D eigenvalue weighted by atomic mass is 16.1. The lowest BCUT2D eigenvalue weighted by molar-refractivity contribution is 0.495. The van der Waals surface area contributed by atoms with Crippen molar-refractivity contribution in [3.63, 3.8) is 0 Å². The first-order chi connectivity index (χ1) is 15.1. The Morgan fingerprint density at radius 3 is 2.61 bits per heavy atom. The fourth-order valence-corrected chi connectivity index (χ4v) is 4.88. The lowest BCUT2D eigenvalue weighted by atomic mass is 10.1. The number of hydrogen-bond donors (Lipinski definition) is 2. The highest BCUT2D eigenvalue weighted by molar-refractivity contribution is 5.75. The minimum Gasteiger partial charge on any atom is -0.353 e. The van der Waals surface area contributed by atoms with Crippen LogP contribution in [-0.2, 0) is 13.6 Å². The van der Waals surface area contributed by atoms with Gasteiger partial charge >= 0.3 is 0 Å². The lowest BCUT2D eigenvalue weighted by Gasteiger charge is -2.31. The van der Waals surface area contributed by atoms with E-state index in [9.17, 15) is 4.79 Å². The zero-order valence-corrected chi connectivity index (χ0v) is 18.1. The summed E-state index contributed by atoms with van der Waals surface area (Å²) in [5.74, 6) is 1.40. The normalized spacial score (nSPS) is 19.9. The molecule has 1 saturated carbocycles. The average molecular weight is 422 g/mol. The van der Waals surface area contributed by atoms with Gasteiger partial charge in [0.05, 0.1) is 6.54 Å². The second-order valence-electron chi connectivity index (χ2n) is 8.93. The van der Waals surface area contributed by atoms with E-state index in [0.29, 0.717) is 29.7 Å². The first-order valence-electron chi connectivity index (χ1n) is 11.4. The number of imidazole rings is 1. The molecule has 1 saturated heterocycles. The van der Waals surface area contributed by atoms with Crippen LogP contribution < -0.4 is 21.5 Å². The second-order valence-corrected chi connectivity index (χ2v) is 8.93. The fraction of sp³-hybridized carbons (Fsp3) is 0.522. The molecule has 5 rings (SSSR count). The third kappa shape index (κ3) is 3.92. The summed E-state index contributed by atoms with van der Waals surface area (Å²) in [4.78, 5) is 25.4. The number of piperidine rings is 1. The smallest absolute Gasteiger partial charge is 0.281 e. The Kier molecular flexibility index (Phi) is 5.40. The Morgan fingerprint density at radius 2 is 1.87 bits per heavy atom. The molecular formula is C23H31N7O. The SMILES string of the molecule is Cn1c(NC2CCCC2)nc2nc(N3CCCC(N)C3)n(Cc3ccccc3)c2c1=O. The van der Waals surface area contributed by atoms with Gasteiger partial charge < -0.3 is 16.0 Å². The van der Waals surface area contributed by atoms with Gasteiger partial charge in [0, 0.05) is 32.2 Å². The van der Waals surface area contributed by atoms with E-state index in [-0.39, 0.29) is 11.6 Å². The highest BCUT2D eigenvalue weighted by Gasteiger charge is 2.26. The maximum atomic E-state index is 13.5. The van der Waals surface area contributed by atoms with Gasteiger partial charge in [0.1, 0.15) is 0 Å². The minimum atomic E-state index is -0.0681. The molecule has 3 heterocycles. The van der Waals surface area contributed by atoms with Crippen LogP contribution in [0.25, 0.3) is 11.2 Å². The molecule has 1 aliphatic carbocycles. The molecule has 3 aromatic rings. The molecule has 2 aromatic heterocycles. The van der Waals surface area contributed by atoms with Crippen molar-refractivity contribution in [2.75, 3.05) is 23.3 Å². The third-order valence-corrected chi connectivity index (χ3v) is 6.58. The van der Waals surface area contributed by atoms with Crippen LogP contribution in [0.5, 0.6) is 0 Å². The molecule has 2 aliphatic rings. The lowest BCUT2D eigenvalue weighted by Crippen LogP contribution is -2.44. The summed E-state index contributed by atoms with van der Waals surface area (Å²) in [5.41, 5.74) is 8.38. The summed E-state index contributed by atoms with van der Waals surface area (Å²) >= 11 is 0. The minimum absolute atomic E-state index is 0.0681. The van der Waals surface area contributed by atoms with Crippen molar-refractivity contribution in [2.24, 2.45) is 12.8 Å². The maximum absolute atomic E-state index is 13.5. The van der Waals surface area contributed by atoms with Crippen molar-refractivity contribution in [3.8, 4) is 0 Å². The molecule has 1 aliphatic heterocycles. The second kappa shape index (κ2) is 8.34. The Hall–Kier alpha value is -2.87. The van der Waals surface area contributed by atoms with E-state index in [1.165, 1.54) is 12.8 Å². The molecule has 0 amide bonds. The number of nitrogens with zero attached hydrogens (tertiary/aromatic N) is 5. The van der Waals surface area contributed by atoms with Crippen molar-refractivity contribution in [2.45, 2.75) is 57.2 Å². The van der Waals surface area contributed by atoms with Crippen LogP contribution in [0.4, 0.5) is 11.9 Å². The van der Waals surface area contributed by atoms with Gasteiger partial charge in [0.25, 0.3) is 5.56 Å². The molecule has 3 N–H and O–H groups in total. The van der Waals surface area contributed by atoms with Gasteiger partial charge in [-0.05, 0) is 31.2 Å². The van der Waals surface area contributed by atoms with Gasteiger partial charge in [-0.1, -0.05) is 43.2 Å². The Bertz CT molecular complexity index is 1110. The Morgan fingerprint density at radius 1 is 1.10 bits per heavy atom. The predicted octanol–water partition coefficient (Wildman–Crippen LogP) is 2.46. The highest BCUT2D eigenvalue weighted by Crippen LogP contribution is 2.26. The number of rotatable bonds is 5. The Balaban J connectivity index is 1.62. The summed E-state index contributed by atoms with van der Waals surface area (Å²) in [6, 6.07) is 10.7. The molecule has 1 atom stereocenters. The van der Waals surface area contributed by atoms with E-state index in [2.05, 4.69) is 22.3 Å². The van der Waals surface area contributed by atoms with Crippen LogP contribution in [0, 0.1) is 0 Å². The van der Waals surface area contributed by atoms with Gasteiger partial charge in [-0.2, -0.15) is 9.97 Å². The fourth-order valence-electron chi connectivity index (χ4n) is 4.88. The van der Waals surface area contributed by atoms with E-state index < -0.39 is 0 Å². The van der Waals surface area contributed by atoms with E-state index in [1.807, 2.05) is 22.8 Å². The summed E-state index contributed by atoms with van der Waals surface area (Å²) < 4.78 is 3.66. The average Bonchev–Trinajstić information content (AvgIpc) is 3.41. The number of nitrogens with two attached hydrogens (primary N) is 1. The van der Waals surface area contributed by atoms with Crippen LogP contribution in [0.15, 0.2) is 35.1 Å². The quantitative estimate of drug-likeness (QED) is 0.657. The van der Waals surface area contributed by atoms with Crippen LogP contribution in [0.2, 0.25) is 0 Å². The van der Waals surface area contributed by atoms with Crippen molar-refractivity contribution >= 4 is 23.1 Å². The van der Waals surface area contributed by atoms with Gasteiger partial charge in [0.15, 0.2) is 11.2 Å². The summed E-state index contributed by atoms with van der Waals surface area (Å²) in [7, 11) is 1.79. The molecule has 0 spiro atoms. The van der Waals surface area contributed by atoms with Crippen molar-refractivity contribution < 1.29 is 0 Å². The van der Waals surface area contributed by atoms with Crippen LogP contribution in [-0.4, -0.2) is 44.3 Å². The van der Waals surface area contributed by atoms with E-state index in [0.717, 1.165) is 50.3 Å². The number of hydrogen-bond acceptors (Lipinski definition) is 6. The maximum Gasteiger partial charge on any atom is 0.281 e. The first-order valence-corrected chi connectivity index (χ1v) is 11.4. The number of fused-ring (bicyclic) bond motifs is 1. The number of nitrogens with one attached hydrogen (secondary N) is 1. The van der Waals surface area contributed by atoms with Crippen molar-refractivity contribution in [1.82, 2.24) is 19.1 Å². The van der Waals surface area contributed by atoms with E-state index in [4.69, 9.17) is 15.7 Å². The molecule has 0 radical (unpaired) electrons. The zero-order valence-electron chi connectivity index (χ0n) is 18.1. The van der Waals surface area contributed by atoms with Gasteiger partial charge in [0.2, 0.25) is 11.9 Å². The predicted molar refractivity (Wildman–Crippen MR) is 124 cm³/mol. The topological polar surface area (TPSA) is 94.0 Å².